The van der Waals surface area contributed by atoms with Gasteiger partial charge in [-0.25, -0.2) is 4.98 Å². The summed E-state index contributed by atoms with van der Waals surface area (Å²) in [7, 11) is -3.15. The van der Waals surface area contributed by atoms with Gasteiger partial charge in [0.05, 0.1) is 20.5 Å². The minimum Gasteiger partial charge on any atom is -0.397 e. The molecule has 0 aliphatic carbocycles. The van der Waals surface area contributed by atoms with Gasteiger partial charge in [-0.05, 0) is 41.3 Å². The van der Waals surface area contributed by atoms with Gasteiger partial charge in [0.25, 0.3) is 0 Å². The molecule has 0 saturated carbocycles. The topological polar surface area (TPSA) is 56.0 Å². The highest BCUT2D eigenvalue weighted by Gasteiger charge is 2.41. The fraction of sp³-hybridized carbons (Fsp3) is 0.320. The molecule has 0 spiro atoms. The Hall–Kier alpha value is -2.02. The van der Waals surface area contributed by atoms with Crippen LogP contribution in [0.4, 0.5) is 5.69 Å². The predicted octanol–water partition coefficient (Wildman–Crippen LogP) is 7.29. The van der Waals surface area contributed by atoms with Gasteiger partial charge in [-0.15, -0.1) is 22.7 Å². The van der Waals surface area contributed by atoms with Gasteiger partial charge in [0.15, 0.2) is 0 Å². The summed E-state index contributed by atoms with van der Waals surface area (Å²) >= 11 is 3.21. The molecular formula is C25H30N2OS3. The molecule has 0 atom stereocenters. The van der Waals surface area contributed by atoms with Gasteiger partial charge in [0, 0.05) is 16.4 Å². The van der Waals surface area contributed by atoms with E-state index in [-0.39, 0.29) is 5.25 Å². The molecule has 3 heterocycles. The number of anilines is 1. The number of nitrogens with zero attached hydrogens (tertiary/aromatic N) is 1. The number of hydrogen-bond acceptors (Lipinski definition) is 5. The Morgan fingerprint density at radius 1 is 1.13 bits per heavy atom. The van der Waals surface area contributed by atoms with E-state index in [1.54, 1.807) is 11.3 Å². The summed E-state index contributed by atoms with van der Waals surface area (Å²) < 4.78 is 15.5. The molecule has 0 amide bonds. The van der Waals surface area contributed by atoms with E-state index in [0.717, 1.165) is 49.0 Å². The Kier molecular flexibility index (Phi) is 5.83. The number of rotatable bonds is 7. The largest absolute Gasteiger partial charge is 0.397 e. The Morgan fingerprint density at radius 3 is 2.48 bits per heavy atom. The van der Waals surface area contributed by atoms with Crippen molar-refractivity contribution in [1.29, 1.82) is 0 Å². The van der Waals surface area contributed by atoms with E-state index in [2.05, 4.69) is 50.4 Å². The van der Waals surface area contributed by atoms with Crippen LogP contribution in [-0.4, -0.2) is 26.5 Å². The van der Waals surface area contributed by atoms with Crippen LogP contribution in [0.2, 0.25) is 0 Å². The van der Waals surface area contributed by atoms with Gasteiger partial charge in [-0.2, -0.15) is 0 Å². The van der Waals surface area contributed by atoms with Gasteiger partial charge < -0.3 is 5.73 Å². The number of aromatic nitrogens is 1. The van der Waals surface area contributed by atoms with E-state index in [9.17, 15) is 4.21 Å². The van der Waals surface area contributed by atoms with Gasteiger partial charge in [0.1, 0.15) is 4.83 Å². The third-order valence-electron chi connectivity index (χ3n) is 6.26. The second-order valence-corrected chi connectivity index (χ2v) is 15.8. The van der Waals surface area contributed by atoms with Crippen molar-refractivity contribution in [3.8, 4) is 21.7 Å². The first-order valence-electron chi connectivity index (χ1n) is 10.7. The van der Waals surface area contributed by atoms with Crippen LogP contribution in [0.5, 0.6) is 0 Å². The minimum atomic E-state index is -3.15. The second-order valence-electron chi connectivity index (χ2n) is 8.61. The first-order chi connectivity index (χ1) is 14.7. The smallest absolute Gasteiger partial charge is 0.127 e. The standard InChI is InChI=1S/C25H30N2OS3/c1-5-6-15-31(4,28,17(2)3)25-23(26)22-19(18-11-8-7-9-12-18)16-20(27-24(22)30-25)21-13-10-14-29-21/h7-14,16-17H,5-6,15,26H2,1-4H3. The fourth-order valence-corrected chi connectivity index (χ4v) is 10.2. The summed E-state index contributed by atoms with van der Waals surface area (Å²) in [4.78, 5) is 6.99. The van der Waals surface area contributed by atoms with Crippen LogP contribution < -0.4 is 5.73 Å². The molecule has 6 heteroatoms. The third kappa shape index (κ3) is 3.75. The van der Waals surface area contributed by atoms with E-state index in [1.165, 1.54) is 11.3 Å². The van der Waals surface area contributed by atoms with Crippen LogP contribution in [0.3, 0.4) is 0 Å². The van der Waals surface area contributed by atoms with Crippen LogP contribution in [0.15, 0.2) is 58.1 Å². The summed E-state index contributed by atoms with van der Waals surface area (Å²) in [5.74, 6) is 0.668. The van der Waals surface area contributed by atoms with E-state index < -0.39 is 9.07 Å². The molecule has 0 radical (unpaired) electrons. The zero-order valence-electron chi connectivity index (χ0n) is 18.6. The summed E-state index contributed by atoms with van der Waals surface area (Å²) in [6.45, 7) is 6.28. The molecule has 164 valence electrons. The lowest BCUT2D eigenvalue weighted by molar-refractivity contribution is 0.647. The summed E-state index contributed by atoms with van der Waals surface area (Å²) in [5.41, 5.74) is 10.6. The highest BCUT2D eigenvalue weighted by atomic mass is 32.3. The molecule has 4 rings (SSSR count). The molecule has 4 aromatic rings. The number of nitrogens with two attached hydrogens (primary N) is 1. The molecule has 0 bridgehead atoms. The zero-order chi connectivity index (χ0) is 22.2. The number of pyridine rings is 1. The normalized spacial score (nSPS) is 13.5. The summed E-state index contributed by atoms with van der Waals surface area (Å²) in [6.07, 6.45) is 3.89. The molecule has 0 unspecified atom stereocenters. The van der Waals surface area contributed by atoms with Crippen molar-refractivity contribution in [1.82, 2.24) is 4.98 Å². The number of unbranched alkanes of at least 4 members (excludes halogenated alkanes) is 1. The van der Waals surface area contributed by atoms with E-state index in [0.29, 0.717) is 11.4 Å². The van der Waals surface area contributed by atoms with E-state index in [4.69, 9.17) is 10.7 Å². The molecule has 0 aliphatic rings. The molecular weight excluding hydrogens is 440 g/mol. The molecule has 0 aliphatic heterocycles. The monoisotopic (exact) mass is 470 g/mol. The molecule has 2 N–H and O–H groups in total. The highest BCUT2D eigenvalue weighted by Crippen LogP contribution is 2.51. The van der Waals surface area contributed by atoms with Gasteiger partial charge in [-0.3, -0.25) is 4.21 Å². The van der Waals surface area contributed by atoms with Gasteiger partial charge in [-0.1, -0.05) is 72.7 Å². The minimum absolute atomic E-state index is 0.0100. The van der Waals surface area contributed by atoms with Crippen molar-refractivity contribution >= 4 is 47.6 Å². The molecule has 3 nitrogen and oxygen atoms in total. The first kappa shape index (κ1) is 22.2. The van der Waals surface area contributed by atoms with Crippen molar-refractivity contribution in [2.45, 2.75) is 43.1 Å². The average molecular weight is 471 g/mol. The number of thiophene rings is 2. The lowest BCUT2D eigenvalue weighted by Crippen LogP contribution is -2.43. The van der Waals surface area contributed by atoms with Crippen LogP contribution in [0.25, 0.3) is 31.9 Å². The van der Waals surface area contributed by atoms with Crippen molar-refractivity contribution in [3.63, 3.8) is 0 Å². The average Bonchev–Trinajstić information content (AvgIpc) is 3.41. The quantitative estimate of drug-likeness (QED) is 0.308. The lowest BCUT2D eigenvalue weighted by atomic mass is 10.0. The molecule has 1 aromatic carbocycles. The first-order valence-corrected chi connectivity index (χ1v) is 15.0. The van der Waals surface area contributed by atoms with Gasteiger partial charge in [0.2, 0.25) is 0 Å². The Labute approximate surface area is 192 Å². The zero-order valence-corrected chi connectivity index (χ0v) is 21.0. The Bertz CT molecular complexity index is 1270. The maximum atomic E-state index is 14.7. The third-order valence-corrected chi connectivity index (χ3v) is 14.6. The van der Waals surface area contributed by atoms with E-state index in [1.807, 2.05) is 30.5 Å². The lowest BCUT2D eigenvalue weighted by Gasteiger charge is -2.42. The maximum Gasteiger partial charge on any atom is 0.127 e. The number of nitrogen functional groups attached to an aromatic ring is 1. The van der Waals surface area contributed by atoms with Crippen LogP contribution in [0.1, 0.15) is 33.6 Å². The van der Waals surface area contributed by atoms with Crippen molar-refractivity contribution in [2.24, 2.45) is 0 Å². The maximum absolute atomic E-state index is 14.7. The number of hydrogen-bond donors (Lipinski definition) is 1. The molecule has 31 heavy (non-hydrogen) atoms. The molecule has 0 saturated heterocycles. The predicted molar refractivity (Wildman–Crippen MR) is 140 cm³/mol. The van der Waals surface area contributed by atoms with Crippen molar-refractivity contribution in [3.05, 3.63) is 53.9 Å². The Balaban J connectivity index is 2.06. The van der Waals surface area contributed by atoms with E-state index >= 15 is 0 Å². The van der Waals surface area contributed by atoms with Crippen molar-refractivity contribution in [2.75, 3.05) is 17.7 Å². The van der Waals surface area contributed by atoms with Crippen LogP contribution >= 0.6 is 22.7 Å². The summed E-state index contributed by atoms with van der Waals surface area (Å²) in [6, 6.07) is 16.6. The number of fused-ring (bicyclic) bond motifs is 1. The summed E-state index contributed by atoms with van der Waals surface area (Å²) in [5, 5.41) is 3.01. The van der Waals surface area contributed by atoms with Crippen LogP contribution in [-0.2, 0) is 9.07 Å². The van der Waals surface area contributed by atoms with Crippen LogP contribution in [0, 0.1) is 0 Å². The SMILES string of the molecule is CCCCS(C)(=O)(c1sc2nc(-c3cccs3)cc(-c3ccccc3)c2c1N)C(C)C. The fourth-order valence-electron chi connectivity index (χ4n) is 3.95. The Morgan fingerprint density at radius 2 is 1.87 bits per heavy atom. The second kappa shape index (κ2) is 8.15. The highest BCUT2D eigenvalue weighted by molar-refractivity contribution is 8.21. The van der Waals surface area contributed by atoms with Gasteiger partial charge >= 0.3 is 0 Å². The molecule has 0 fully saturated rings. The van der Waals surface area contributed by atoms with Crippen molar-refractivity contribution < 1.29 is 4.21 Å². The number of benzene rings is 1. The molecule has 3 aromatic heterocycles.